The molecule has 0 radical (unpaired) electrons. The Labute approximate surface area is 84.6 Å². The maximum absolute atomic E-state index is 8.87. The van der Waals surface area contributed by atoms with Crippen LogP contribution in [0.15, 0.2) is 10.7 Å². The molecule has 0 saturated heterocycles. The van der Waals surface area contributed by atoms with Crippen LogP contribution in [-0.2, 0) is 6.61 Å². The van der Waals surface area contributed by atoms with Crippen molar-refractivity contribution in [2.45, 2.75) is 6.61 Å². The van der Waals surface area contributed by atoms with Gasteiger partial charge in [0.25, 0.3) is 0 Å². The summed E-state index contributed by atoms with van der Waals surface area (Å²) in [6, 6.07) is 1.63. The molecule has 0 saturated carbocycles. The van der Waals surface area contributed by atoms with E-state index in [1.54, 1.807) is 6.07 Å². The summed E-state index contributed by atoms with van der Waals surface area (Å²) in [5.41, 5.74) is 0.532. The average molecular weight is 248 g/mol. The normalized spacial score (nSPS) is 9.85. The lowest BCUT2D eigenvalue weighted by atomic mass is 10.3. The van der Waals surface area contributed by atoms with Crippen LogP contribution in [0.3, 0.4) is 0 Å². The number of pyridine rings is 1. The zero-order chi connectivity index (χ0) is 9.84. The van der Waals surface area contributed by atoms with Crippen LogP contribution in [0.1, 0.15) is 5.69 Å². The number of aliphatic hydroxyl groups is 1. The Hall–Kier alpha value is -0.810. The van der Waals surface area contributed by atoms with Gasteiger partial charge in [-0.1, -0.05) is 0 Å². The van der Waals surface area contributed by atoms with Crippen molar-refractivity contribution in [3.63, 3.8) is 0 Å². The molecule has 0 aliphatic rings. The molecule has 0 aliphatic heterocycles. The molecule has 0 aliphatic carbocycles. The number of ether oxygens (including phenoxy) is 2. The summed E-state index contributed by atoms with van der Waals surface area (Å²) in [6.45, 7) is -0.126. The second-order valence-corrected chi connectivity index (χ2v) is 3.05. The Bertz CT molecular complexity index is 304. The average Bonchev–Trinajstić information content (AvgIpc) is 2.16. The maximum atomic E-state index is 8.87. The maximum Gasteiger partial charge on any atom is 0.193 e. The fourth-order valence-electron chi connectivity index (χ4n) is 0.945. The number of methoxy groups -OCH3 is 2. The molecule has 1 aromatic rings. The number of aliphatic hydroxyl groups excluding tert-OH is 1. The number of hydrogen-bond acceptors (Lipinski definition) is 4. The molecule has 0 bridgehead atoms. The summed E-state index contributed by atoms with van der Waals surface area (Å²) >= 11 is 3.21. The zero-order valence-corrected chi connectivity index (χ0v) is 8.96. The van der Waals surface area contributed by atoms with Gasteiger partial charge in [-0.15, -0.1) is 0 Å². The summed E-state index contributed by atoms with van der Waals surface area (Å²) in [5.74, 6) is 1.08. The lowest BCUT2D eigenvalue weighted by molar-refractivity contribution is 0.274. The topological polar surface area (TPSA) is 51.6 Å². The smallest absolute Gasteiger partial charge is 0.193 e. The highest BCUT2D eigenvalue weighted by molar-refractivity contribution is 9.10. The van der Waals surface area contributed by atoms with E-state index in [9.17, 15) is 0 Å². The first kappa shape index (κ1) is 10.3. The molecule has 1 heterocycles. The molecule has 0 aromatic carbocycles. The number of nitrogens with zero attached hydrogens (tertiary/aromatic N) is 1. The van der Waals surface area contributed by atoms with Crippen molar-refractivity contribution in [1.82, 2.24) is 4.98 Å². The standard InChI is InChI=1S/C8H10BrNO3/c1-12-6-3-5(4-11)10-8(9)7(6)13-2/h3,11H,4H2,1-2H3. The minimum Gasteiger partial charge on any atom is -0.493 e. The van der Waals surface area contributed by atoms with Crippen LogP contribution < -0.4 is 9.47 Å². The van der Waals surface area contributed by atoms with Crippen molar-refractivity contribution in [1.29, 1.82) is 0 Å². The van der Waals surface area contributed by atoms with Gasteiger partial charge in [-0.3, -0.25) is 0 Å². The molecule has 72 valence electrons. The van der Waals surface area contributed by atoms with E-state index in [2.05, 4.69) is 20.9 Å². The van der Waals surface area contributed by atoms with Gasteiger partial charge in [0, 0.05) is 6.07 Å². The Morgan fingerprint density at radius 2 is 2.15 bits per heavy atom. The van der Waals surface area contributed by atoms with E-state index in [1.165, 1.54) is 14.2 Å². The molecule has 1 aromatic heterocycles. The Morgan fingerprint density at radius 1 is 1.46 bits per heavy atom. The molecule has 5 heteroatoms. The van der Waals surface area contributed by atoms with Crippen molar-refractivity contribution < 1.29 is 14.6 Å². The third-order valence-electron chi connectivity index (χ3n) is 1.54. The molecule has 0 amide bonds. The van der Waals surface area contributed by atoms with Gasteiger partial charge in [0.15, 0.2) is 16.1 Å². The number of halogens is 1. The summed E-state index contributed by atoms with van der Waals surface area (Å²) in [4.78, 5) is 4.03. The van der Waals surface area contributed by atoms with Crippen molar-refractivity contribution in [2.24, 2.45) is 0 Å². The quantitative estimate of drug-likeness (QED) is 0.820. The molecule has 0 atom stereocenters. The van der Waals surface area contributed by atoms with Gasteiger partial charge in [-0.05, 0) is 15.9 Å². The molecular weight excluding hydrogens is 238 g/mol. The Morgan fingerprint density at radius 3 is 2.62 bits per heavy atom. The van der Waals surface area contributed by atoms with E-state index < -0.39 is 0 Å². The SMILES string of the molecule is COc1cc(CO)nc(Br)c1OC. The Kier molecular flexibility index (Phi) is 3.50. The first-order valence-electron chi connectivity index (χ1n) is 3.61. The van der Waals surface area contributed by atoms with Gasteiger partial charge in [-0.25, -0.2) is 4.98 Å². The van der Waals surface area contributed by atoms with E-state index in [0.717, 1.165) is 0 Å². The van der Waals surface area contributed by atoms with Crippen molar-refractivity contribution in [3.05, 3.63) is 16.4 Å². The molecular formula is C8H10BrNO3. The molecule has 1 rings (SSSR count). The molecule has 4 nitrogen and oxygen atoms in total. The highest BCUT2D eigenvalue weighted by atomic mass is 79.9. The van der Waals surface area contributed by atoms with Gasteiger partial charge >= 0.3 is 0 Å². The molecule has 0 unspecified atom stereocenters. The van der Waals surface area contributed by atoms with E-state index in [-0.39, 0.29) is 6.61 Å². The third kappa shape index (κ3) is 2.10. The van der Waals surface area contributed by atoms with E-state index >= 15 is 0 Å². The first-order chi connectivity index (χ1) is 6.22. The summed E-state index contributed by atoms with van der Waals surface area (Å²) in [7, 11) is 3.06. The summed E-state index contributed by atoms with van der Waals surface area (Å²) < 4.78 is 10.6. The highest BCUT2D eigenvalue weighted by Crippen LogP contribution is 2.33. The van der Waals surface area contributed by atoms with E-state index in [0.29, 0.717) is 21.8 Å². The van der Waals surface area contributed by atoms with Crippen LogP contribution in [0.5, 0.6) is 11.5 Å². The second kappa shape index (κ2) is 4.43. The predicted molar refractivity (Wildman–Crippen MR) is 51.0 cm³/mol. The molecule has 1 N–H and O–H groups in total. The largest absolute Gasteiger partial charge is 0.493 e. The Balaban J connectivity index is 3.20. The van der Waals surface area contributed by atoms with Crippen LogP contribution in [0.4, 0.5) is 0 Å². The lowest BCUT2D eigenvalue weighted by Crippen LogP contribution is -1.97. The first-order valence-corrected chi connectivity index (χ1v) is 4.40. The monoisotopic (exact) mass is 247 g/mol. The minimum atomic E-state index is -0.126. The van der Waals surface area contributed by atoms with E-state index in [1.807, 2.05) is 0 Å². The van der Waals surface area contributed by atoms with Gasteiger partial charge < -0.3 is 14.6 Å². The summed E-state index contributed by atoms with van der Waals surface area (Å²) in [6.07, 6.45) is 0. The van der Waals surface area contributed by atoms with Crippen LogP contribution in [-0.4, -0.2) is 24.3 Å². The van der Waals surface area contributed by atoms with Gasteiger partial charge in [0.2, 0.25) is 0 Å². The molecule has 13 heavy (non-hydrogen) atoms. The van der Waals surface area contributed by atoms with Crippen LogP contribution in [0.25, 0.3) is 0 Å². The third-order valence-corrected chi connectivity index (χ3v) is 2.07. The van der Waals surface area contributed by atoms with Gasteiger partial charge in [-0.2, -0.15) is 0 Å². The van der Waals surface area contributed by atoms with Crippen molar-refractivity contribution in [3.8, 4) is 11.5 Å². The van der Waals surface area contributed by atoms with Crippen molar-refractivity contribution in [2.75, 3.05) is 14.2 Å². The minimum absolute atomic E-state index is 0.126. The van der Waals surface area contributed by atoms with E-state index in [4.69, 9.17) is 14.6 Å². The number of aromatic nitrogens is 1. The molecule has 0 fully saturated rings. The fraction of sp³-hybridized carbons (Fsp3) is 0.375. The van der Waals surface area contributed by atoms with Crippen LogP contribution in [0.2, 0.25) is 0 Å². The zero-order valence-electron chi connectivity index (χ0n) is 7.37. The van der Waals surface area contributed by atoms with Crippen molar-refractivity contribution >= 4 is 15.9 Å². The van der Waals surface area contributed by atoms with Gasteiger partial charge in [0.05, 0.1) is 26.5 Å². The van der Waals surface area contributed by atoms with Crippen LogP contribution in [0, 0.1) is 0 Å². The lowest BCUT2D eigenvalue weighted by Gasteiger charge is -2.09. The fourth-order valence-corrected chi connectivity index (χ4v) is 1.53. The number of hydrogen-bond donors (Lipinski definition) is 1. The predicted octanol–water partition coefficient (Wildman–Crippen LogP) is 1.35. The van der Waals surface area contributed by atoms with Crippen LogP contribution >= 0.6 is 15.9 Å². The second-order valence-electron chi connectivity index (χ2n) is 2.30. The molecule has 0 spiro atoms. The highest BCUT2D eigenvalue weighted by Gasteiger charge is 2.11. The van der Waals surface area contributed by atoms with Gasteiger partial charge in [0.1, 0.15) is 0 Å². The number of rotatable bonds is 3. The summed E-state index contributed by atoms with van der Waals surface area (Å²) in [5, 5.41) is 8.87.